The van der Waals surface area contributed by atoms with E-state index < -0.39 is 0 Å². The first-order valence-electron chi connectivity index (χ1n) is 7.17. The maximum Gasteiger partial charge on any atom is 0.157 e. The Kier molecular flexibility index (Phi) is 4.73. The van der Waals surface area contributed by atoms with Crippen molar-refractivity contribution in [1.82, 2.24) is 5.32 Å². The van der Waals surface area contributed by atoms with E-state index in [1.165, 1.54) is 25.7 Å². The number of amidine groups is 1. The third-order valence-corrected chi connectivity index (χ3v) is 4.85. The maximum absolute atomic E-state index is 5.84. The fourth-order valence-corrected chi connectivity index (χ4v) is 3.62. The van der Waals surface area contributed by atoms with Gasteiger partial charge in [-0.1, -0.05) is 36.2 Å². The largest absolute Gasteiger partial charge is 0.493 e. The molecular formula is C15H19ClN2OS. The van der Waals surface area contributed by atoms with Crippen molar-refractivity contribution in [2.45, 2.75) is 37.8 Å². The van der Waals surface area contributed by atoms with Crippen LogP contribution in [0.4, 0.5) is 0 Å². The average Bonchev–Trinajstić information content (AvgIpc) is 2.88. The first kappa shape index (κ1) is 14.1. The minimum atomic E-state index is 0.517. The van der Waals surface area contributed by atoms with Crippen LogP contribution in [0.25, 0.3) is 0 Å². The highest BCUT2D eigenvalue weighted by atomic mass is 35.5. The Morgan fingerprint density at radius 1 is 1.25 bits per heavy atom. The van der Waals surface area contributed by atoms with Gasteiger partial charge in [0.25, 0.3) is 0 Å². The van der Waals surface area contributed by atoms with Crippen LogP contribution >= 0.6 is 23.4 Å². The minimum Gasteiger partial charge on any atom is -0.493 e. The molecule has 20 heavy (non-hydrogen) atoms. The zero-order valence-corrected chi connectivity index (χ0v) is 12.9. The molecule has 3 rings (SSSR count). The van der Waals surface area contributed by atoms with Crippen LogP contribution in [0.5, 0.6) is 5.75 Å². The van der Waals surface area contributed by atoms with Gasteiger partial charge >= 0.3 is 0 Å². The number of thioether (sulfide) groups is 1. The van der Waals surface area contributed by atoms with E-state index >= 15 is 0 Å². The number of hydrogen-bond donors (Lipinski definition) is 1. The molecule has 0 spiro atoms. The van der Waals surface area contributed by atoms with Crippen LogP contribution in [0, 0.1) is 0 Å². The van der Waals surface area contributed by atoms with E-state index in [4.69, 9.17) is 21.3 Å². The summed E-state index contributed by atoms with van der Waals surface area (Å²) in [6.45, 7) is 0.683. The van der Waals surface area contributed by atoms with Crippen LogP contribution in [-0.4, -0.2) is 29.6 Å². The Bertz CT molecular complexity index is 477. The average molecular weight is 311 g/mol. The van der Waals surface area contributed by atoms with Gasteiger partial charge in [-0.2, -0.15) is 0 Å². The van der Waals surface area contributed by atoms with E-state index in [1.807, 2.05) is 24.3 Å². The standard InChI is InChI=1S/C15H19ClN2OS/c16-11-5-7-12(8-6-11)19-9-10-20-15-17-13-3-1-2-4-14(13)18-15/h5-8,13-14H,1-4,9-10H2,(H,17,18). The number of hydrogen-bond acceptors (Lipinski definition) is 4. The van der Waals surface area contributed by atoms with Crippen LogP contribution in [0.3, 0.4) is 0 Å². The number of nitrogens with one attached hydrogen (secondary N) is 1. The van der Waals surface area contributed by atoms with Gasteiger partial charge in [-0.05, 0) is 37.1 Å². The van der Waals surface area contributed by atoms with Crippen molar-refractivity contribution in [2.75, 3.05) is 12.4 Å². The molecule has 1 saturated carbocycles. The van der Waals surface area contributed by atoms with Crippen molar-refractivity contribution >= 4 is 28.5 Å². The van der Waals surface area contributed by atoms with Gasteiger partial charge in [0.05, 0.1) is 18.7 Å². The highest BCUT2D eigenvalue weighted by Crippen LogP contribution is 2.27. The molecule has 1 aliphatic carbocycles. The molecule has 1 N–H and O–H groups in total. The van der Waals surface area contributed by atoms with Gasteiger partial charge in [-0.15, -0.1) is 0 Å². The maximum atomic E-state index is 5.84. The quantitative estimate of drug-likeness (QED) is 0.861. The number of fused-ring (bicyclic) bond motifs is 1. The summed E-state index contributed by atoms with van der Waals surface area (Å²) in [6.07, 6.45) is 5.16. The van der Waals surface area contributed by atoms with Gasteiger partial charge < -0.3 is 10.1 Å². The van der Waals surface area contributed by atoms with E-state index in [1.54, 1.807) is 11.8 Å². The summed E-state index contributed by atoms with van der Waals surface area (Å²) in [4.78, 5) is 4.76. The Labute approximate surface area is 129 Å². The highest BCUT2D eigenvalue weighted by molar-refractivity contribution is 8.13. The van der Waals surface area contributed by atoms with Crippen molar-refractivity contribution in [1.29, 1.82) is 0 Å². The summed E-state index contributed by atoms with van der Waals surface area (Å²) < 4.78 is 5.68. The molecule has 0 bridgehead atoms. The first-order chi connectivity index (χ1) is 9.81. The van der Waals surface area contributed by atoms with Crippen LogP contribution < -0.4 is 10.1 Å². The van der Waals surface area contributed by atoms with Crippen molar-refractivity contribution < 1.29 is 4.74 Å². The van der Waals surface area contributed by atoms with E-state index in [0.29, 0.717) is 18.7 Å². The Morgan fingerprint density at radius 3 is 2.85 bits per heavy atom. The molecule has 1 aromatic rings. The Morgan fingerprint density at radius 2 is 2.05 bits per heavy atom. The summed E-state index contributed by atoms with van der Waals surface area (Å²) in [5.41, 5.74) is 0. The second kappa shape index (κ2) is 6.72. The molecule has 1 aliphatic heterocycles. The normalized spacial score (nSPS) is 24.8. The highest BCUT2D eigenvalue weighted by Gasteiger charge is 2.30. The van der Waals surface area contributed by atoms with E-state index in [2.05, 4.69) is 5.32 Å². The lowest BCUT2D eigenvalue weighted by atomic mass is 9.92. The molecular weight excluding hydrogens is 292 g/mol. The first-order valence-corrected chi connectivity index (χ1v) is 8.53. The van der Waals surface area contributed by atoms with Crippen LogP contribution in [0.1, 0.15) is 25.7 Å². The second-order valence-corrected chi connectivity index (χ2v) is 6.71. The number of aliphatic imine (C=N–C) groups is 1. The van der Waals surface area contributed by atoms with E-state index in [9.17, 15) is 0 Å². The number of nitrogens with zero attached hydrogens (tertiary/aromatic N) is 1. The van der Waals surface area contributed by atoms with Crippen molar-refractivity contribution in [2.24, 2.45) is 4.99 Å². The van der Waals surface area contributed by atoms with Crippen molar-refractivity contribution in [3.63, 3.8) is 0 Å². The number of halogens is 1. The lowest BCUT2D eigenvalue weighted by molar-refractivity contribution is 0.344. The Hall–Kier alpha value is -0.870. The van der Waals surface area contributed by atoms with Gasteiger partial charge in [0.1, 0.15) is 5.75 Å². The summed E-state index contributed by atoms with van der Waals surface area (Å²) >= 11 is 7.60. The molecule has 2 unspecified atom stereocenters. The zero-order chi connectivity index (χ0) is 13.8. The smallest absolute Gasteiger partial charge is 0.157 e. The SMILES string of the molecule is Clc1ccc(OCCSC2=NC3CCCCC3N2)cc1. The second-order valence-electron chi connectivity index (χ2n) is 5.19. The van der Waals surface area contributed by atoms with Gasteiger partial charge in [0.2, 0.25) is 0 Å². The fourth-order valence-electron chi connectivity index (χ4n) is 2.69. The fraction of sp³-hybridized carbons (Fsp3) is 0.533. The molecule has 0 aromatic heterocycles. The van der Waals surface area contributed by atoms with Crippen LogP contribution in [-0.2, 0) is 0 Å². The summed E-state index contributed by atoms with van der Waals surface area (Å²) in [6, 6.07) is 8.58. The lowest BCUT2D eigenvalue weighted by Gasteiger charge is -2.23. The summed E-state index contributed by atoms with van der Waals surface area (Å²) in [7, 11) is 0. The van der Waals surface area contributed by atoms with E-state index in [0.717, 1.165) is 21.7 Å². The lowest BCUT2D eigenvalue weighted by Crippen LogP contribution is -2.36. The summed E-state index contributed by atoms with van der Waals surface area (Å²) in [5, 5.41) is 5.37. The van der Waals surface area contributed by atoms with Crippen LogP contribution in [0.15, 0.2) is 29.3 Å². The zero-order valence-electron chi connectivity index (χ0n) is 11.3. The van der Waals surface area contributed by atoms with Gasteiger partial charge in [0.15, 0.2) is 5.17 Å². The van der Waals surface area contributed by atoms with Gasteiger partial charge in [0, 0.05) is 10.8 Å². The predicted molar refractivity (Wildman–Crippen MR) is 86.0 cm³/mol. The monoisotopic (exact) mass is 310 g/mol. The molecule has 2 atom stereocenters. The molecule has 1 aromatic carbocycles. The predicted octanol–water partition coefficient (Wildman–Crippen LogP) is 3.72. The molecule has 2 aliphatic rings. The molecule has 108 valence electrons. The molecule has 0 radical (unpaired) electrons. The molecule has 0 saturated heterocycles. The number of benzene rings is 1. The van der Waals surface area contributed by atoms with E-state index in [-0.39, 0.29) is 0 Å². The van der Waals surface area contributed by atoms with Crippen molar-refractivity contribution in [3.05, 3.63) is 29.3 Å². The van der Waals surface area contributed by atoms with Crippen LogP contribution in [0.2, 0.25) is 5.02 Å². The molecule has 3 nitrogen and oxygen atoms in total. The molecule has 0 amide bonds. The topological polar surface area (TPSA) is 33.6 Å². The molecule has 1 fully saturated rings. The molecule has 1 heterocycles. The molecule has 5 heteroatoms. The Balaban J connectivity index is 1.39. The number of rotatable bonds is 4. The number of ether oxygens (including phenoxy) is 1. The van der Waals surface area contributed by atoms with Gasteiger partial charge in [-0.3, -0.25) is 4.99 Å². The third-order valence-electron chi connectivity index (χ3n) is 3.73. The van der Waals surface area contributed by atoms with Crippen molar-refractivity contribution in [3.8, 4) is 5.75 Å². The van der Waals surface area contributed by atoms with Gasteiger partial charge in [-0.25, -0.2) is 0 Å². The minimum absolute atomic E-state index is 0.517. The summed E-state index contributed by atoms with van der Waals surface area (Å²) in [5.74, 6) is 1.78. The third kappa shape index (κ3) is 3.61.